The molecule has 0 spiro atoms. The highest BCUT2D eigenvalue weighted by Crippen LogP contribution is 2.19. The maximum atomic E-state index is 12.7. The molecule has 1 aliphatic heterocycles. The van der Waals surface area contributed by atoms with Gasteiger partial charge in [0, 0.05) is 33.2 Å². The summed E-state index contributed by atoms with van der Waals surface area (Å²) in [5, 5.41) is 2.98. The van der Waals surface area contributed by atoms with Gasteiger partial charge in [0.15, 0.2) is 0 Å². The minimum atomic E-state index is -0.429. The molecule has 2 N–H and O–H groups in total. The molecule has 3 aromatic rings. The Kier molecular flexibility index (Phi) is 5.87. The number of piperazine rings is 1. The first-order valence-corrected chi connectivity index (χ1v) is 10.4. The number of pyridine rings is 1. The zero-order valence-corrected chi connectivity index (χ0v) is 17.9. The van der Waals surface area contributed by atoms with Crippen molar-refractivity contribution in [3.8, 4) is 0 Å². The predicted octanol–water partition coefficient (Wildman–Crippen LogP) is 0.313. The number of hydrogen-bond acceptors (Lipinski definition) is 6. The van der Waals surface area contributed by atoms with Crippen molar-refractivity contribution >= 4 is 28.4 Å². The van der Waals surface area contributed by atoms with Crippen LogP contribution >= 0.6 is 0 Å². The fourth-order valence-corrected chi connectivity index (χ4v) is 3.88. The van der Waals surface area contributed by atoms with E-state index in [1.165, 1.54) is 13.2 Å². The Balaban J connectivity index is 1.46. The maximum absolute atomic E-state index is 12.7. The number of aromatic amines is 1. The molecule has 0 unspecified atom stereocenters. The molecule has 0 aliphatic carbocycles. The molecule has 1 aliphatic rings. The van der Waals surface area contributed by atoms with Crippen molar-refractivity contribution in [1.82, 2.24) is 24.8 Å². The van der Waals surface area contributed by atoms with Gasteiger partial charge in [0.1, 0.15) is 5.69 Å². The molecule has 2 amide bonds. The summed E-state index contributed by atoms with van der Waals surface area (Å²) in [6.45, 7) is 3.94. The molecule has 166 valence electrons. The van der Waals surface area contributed by atoms with Gasteiger partial charge in [-0.1, -0.05) is 6.07 Å². The third-order valence-corrected chi connectivity index (χ3v) is 5.59. The molecule has 4 rings (SSSR count). The molecule has 1 saturated heterocycles. The van der Waals surface area contributed by atoms with Gasteiger partial charge < -0.3 is 15.2 Å². The summed E-state index contributed by atoms with van der Waals surface area (Å²) in [5.41, 5.74) is 1.61. The third kappa shape index (κ3) is 4.04. The molecular formula is C22H24N6O4. The summed E-state index contributed by atoms with van der Waals surface area (Å²) >= 11 is 0. The number of aromatic nitrogens is 3. The van der Waals surface area contributed by atoms with Crippen LogP contribution in [0.5, 0.6) is 0 Å². The van der Waals surface area contributed by atoms with Gasteiger partial charge in [-0.15, -0.1) is 0 Å². The van der Waals surface area contributed by atoms with Gasteiger partial charge >= 0.3 is 5.69 Å². The van der Waals surface area contributed by atoms with Gasteiger partial charge in [-0.05, 0) is 36.8 Å². The molecule has 32 heavy (non-hydrogen) atoms. The van der Waals surface area contributed by atoms with Crippen molar-refractivity contribution in [2.75, 3.05) is 31.6 Å². The van der Waals surface area contributed by atoms with E-state index in [0.29, 0.717) is 48.5 Å². The van der Waals surface area contributed by atoms with Gasteiger partial charge in [0.25, 0.3) is 11.5 Å². The fraction of sp³-hybridized carbons (Fsp3) is 0.318. The number of carbonyl (C=O) groups excluding carboxylic acids is 2. The average Bonchev–Trinajstić information content (AvgIpc) is 2.79. The van der Waals surface area contributed by atoms with Crippen molar-refractivity contribution in [3.05, 3.63) is 68.6 Å². The number of amides is 2. The highest BCUT2D eigenvalue weighted by Gasteiger charge is 2.25. The quantitative estimate of drug-likeness (QED) is 0.594. The first-order chi connectivity index (χ1) is 15.4. The Labute approximate surface area is 183 Å². The van der Waals surface area contributed by atoms with Crippen LogP contribution in [-0.2, 0) is 17.9 Å². The molecular weight excluding hydrogens is 412 g/mol. The molecule has 1 fully saturated rings. The third-order valence-electron chi connectivity index (χ3n) is 5.59. The molecule has 0 atom stereocenters. The molecule has 10 heteroatoms. The zero-order chi connectivity index (χ0) is 22.8. The second-order valence-electron chi connectivity index (χ2n) is 7.60. The standard InChI is InChI=1S/C22H24N6O4/c1-3-27-21(31)16-6-4-14(10-18(16)25-22(27)32)12-26-8-9-28(19(29)13-26)15-5-7-17(24-11-15)20(30)23-2/h4-7,10-11H,3,8-9,12-13H2,1-2H3,(H,23,30)(H,25,32). The highest BCUT2D eigenvalue weighted by molar-refractivity contribution is 5.96. The van der Waals surface area contributed by atoms with Crippen molar-refractivity contribution < 1.29 is 9.59 Å². The van der Waals surface area contributed by atoms with Gasteiger partial charge in [0.05, 0.1) is 29.3 Å². The van der Waals surface area contributed by atoms with E-state index in [1.807, 2.05) is 11.0 Å². The summed E-state index contributed by atoms with van der Waals surface area (Å²) in [4.78, 5) is 59.4. The van der Waals surface area contributed by atoms with Crippen LogP contribution in [0.4, 0.5) is 5.69 Å². The number of nitrogens with zero attached hydrogens (tertiary/aromatic N) is 4. The monoisotopic (exact) mass is 436 g/mol. The second-order valence-corrected chi connectivity index (χ2v) is 7.60. The minimum absolute atomic E-state index is 0.0641. The van der Waals surface area contributed by atoms with Crippen LogP contribution in [-0.4, -0.2) is 57.9 Å². The van der Waals surface area contributed by atoms with Gasteiger partial charge in [-0.3, -0.25) is 23.9 Å². The lowest BCUT2D eigenvalue weighted by molar-refractivity contribution is -0.121. The smallest absolute Gasteiger partial charge is 0.328 e. The van der Waals surface area contributed by atoms with Gasteiger partial charge in [0.2, 0.25) is 5.91 Å². The average molecular weight is 436 g/mol. The SMILES string of the molecule is CCn1c(=O)[nH]c2cc(CN3CCN(c4ccc(C(=O)NC)nc4)C(=O)C3)ccc2c1=O. The van der Waals surface area contributed by atoms with E-state index in [4.69, 9.17) is 0 Å². The van der Waals surface area contributed by atoms with E-state index < -0.39 is 5.69 Å². The normalized spacial score (nSPS) is 14.7. The van der Waals surface area contributed by atoms with E-state index in [9.17, 15) is 19.2 Å². The first-order valence-electron chi connectivity index (χ1n) is 10.4. The lowest BCUT2D eigenvalue weighted by Gasteiger charge is -2.34. The lowest BCUT2D eigenvalue weighted by atomic mass is 10.1. The van der Waals surface area contributed by atoms with Crippen molar-refractivity contribution in [2.45, 2.75) is 20.0 Å². The van der Waals surface area contributed by atoms with E-state index >= 15 is 0 Å². The van der Waals surface area contributed by atoms with Crippen LogP contribution in [0.25, 0.3) is 10.9 Å². The molecule has 0 bridgehead atoms. The minimum Gasteiger partial charge on any atom is -0.354 e. The van der Waals surface area contributed by atoms with Crippen LogP contribution in [0.2, 0.25) is 0 Å². The molecule has 3 heterocycles. The molecule has 10 nitrogen and oxygen atoms in total. The number of hydrogen-bond donors (Lipinski definition) is 2. The first kappa shape index (κ1) is 21.4. The van der Waals surface area contributed by atoms with Crippen LogP contribution < -0.4 is 21.5 Å². The number of H-pyrrole nitrogens is 1. The molecule has 2 aromatic heterocycles. The van der Waals surface area contributed by atoms with Crippen LogP contribution in [0.1, 0.15) is 23.0 Å². The van der Waals surface area contributed by atoms with E-state index in [2.05, 4.69) is 15.3 Å². The van der Waals surface area contributed by atoms with E-state index in [1.54, 1.807) is 36.1 Å². The van der Waals surface area contributed by atoms with E-state index in [0.717, 1.165) is 10.1 Å². The van der Waals surface area contributed by atoms with Crippen LogP contribution in [0.15, 0.2) is 46.1 Å². The number of benzene rings is 1. The Morgan fingerprint density at radius 3 is 2.62 bits per heavy atom. The summed E-state index contributed by atoms with van der Waals surface area (Å²) in [6.07, 6.45) is 1.53. The fourth-order valence-electron chi connectivity index (χ4n) is 3.88. The number of rotatable bonds is 5. The second kappa shape index (κ2) is 8.75. The molecule has 0 saturated carbocycles. The molecule has 0 radical (unpaired) electrons. The zero-order valence-electron chi connectivity index (χ0n) is 17.9. The number of anilines is 1. The number of nitrogens with one attached hydrogen (secondary N) is 2. The van der Waals surface area contributed by atoms with Crippen molar-refractivity contribution in [2.24, 2.45) is 0 Å². The summed E-state index contributed by atoms with van der Waals surface area (Å²) in [5.74, 6) is -0.344. The topological polar surface area (TPSA) is 120 Å². The Morgan fingerprint density at radius 1 is 1.16 bits per heavy atom. The Hall–Kier alpha value is -3.79. The largest absolute Gasteiger partial charge is 0.354 e. The Morgan fingerprint density at radius 2 is 1.97 bits per heavy atom. The summed E-state index contributed by atoms with van der Waals surface area (Å²) < 4.78 is 1.16. The van der Waals surface area contributed by atoms with Crippen molar-refractivity contribution in [1.29, 1.82) is 0 Å². The lowest BCUT2D eigenvalue weighted by Crippen LogP contribution is -2.50. The Bertz CT molecular complexity index is 1290. The van der Waals surface area contributed by atoms with Crippen molar-refractivity contribution in [3.63, 3.8) is 0 Å². The van der Waals surface area contributed by atoms with Gasteiger partial charge in [-0.2, -0.15) is 0 Å². The maximum Gasteiger partial charge on any atom is 0.328 e. The van der Waals surface area contributed by atoms with Crippen LogP contribution in [0.3, 0.4) is 0 Å². The predicted molar refractivity (Wildman–Crippen MR) is 120 cm³/mol. The summed E-state index contributed by atoms with van der Waals surface area (Å²) in [6, 6.07) is 8.66. The van der Waals surface area contributed by atoms with E-state index in [-0.39, 0.29) is 23.9 Å². The van der Waals surface area contributed by atoms with Crippen LogP contribution in [0, 0.1) is 0 Å². The van der Waals surface area contributed by atoms with Gasteiger partial charge in [-0.25, -0.2) is 9.78 Å². The molecule has 1 aromatic carbocycles. The number of fused-ring (bicyclic) bond motifs is 1. The number of carbonyl (C=O) groups is 2. The summed E-state index contributed by atoms with van der Waals surface area (Å²) in [7, 11) is 1.54. The highest BCUT2D eigenvalue weighted by atomic mass is 16.2.